The van der Waals surface area contributed by atoms with Crippen molar-refractivity contribution in [2.45, 2.75) is 18.9 Å². The molecule has 1 fully saturated rings. The molecule has 2 aromatic rings. The van der Waals surface area contributed by atoms with Gasteiger partial charge in [0.15, 0.2) is 28.1 Å². The van der Waals surface area contributed by atoms with Gasteiger partial charge in [-0.15, -0.1) is 0 Å². The van der Waals surface area contributed by atoms with Crippen LogP contribution < -0.4 is 34.3 Å². The third kappa shape index (κ3) is 3.93. The zero-order valence-corrected chi connectivity index (χ0v) is 21.0. The first-order chi connectivity index (χ1) is 17.4. The molecule has 2 aromatic carbocycles. The molecule has 0 spiro atoms. The number of carbonyl (C=O) groups excluding carboxylic acids is 2. The first kappa shape index (κ1) is 24.0. The number of fused-ring (bicyclic) bond motifs is 3. The Labute approximate surface area is 213 Å². The monoisotopic (exact) mass is 514 g/mol. The molecule has 1 aliphatic carbocycles. The maximum absolute atomic E-state index is 13.2. The van der Waals surface area contributed by atoms with Crippen molar-refractivity contribution in [1.82, 2.24) is 10.6 Å². The van der Waals surface area contributed by atoms with Crippen molar-refractivity contribution in [2.24, 2.45) is 11.8 Å². The van der Waals surface area contributed by atoms with Crippen molar-refractivity contribution in [1.29, 1.82) is 0 Å². The SMILES string of the molecule is COc1cc([C@@H]2c3cc4c(cc3[C@@H](NC(=S)NC(C)=O)[C@H]3COC(=O)[C@H]23)OCO4)cc(OC)c1OC. The van der Waals surface area contributed by atoms with Gasteiger partial charge in [-0.1, -0.05) is 0 Å². The minimum atomic E-state index is -0.543. The number of amides is 1. The zero-order valence-electron chi connectivity index (χ0n) is 20.2. The Morgan fingerprint density at radius 2 is 1.61 bits per heavy atom. The lowest BCUT2D eigenvalue weighted by Gasteiger charge is -2.40. The van der Waals surface area contributed by atoms with Gasteiger partial charge < -0.3 is 39.1 Å². The van der Waals surface area contributed by atoms with Crippen LogP contribution in [-0.2, 0) is 14.3 Å². The molecule has 2 N–H and O–H groups in total. The number of hydrogen-bond acceptors (Lipinski definition) is 9. The molecule has 0 saturated carbocycles. The van der Waals surface area contributed by atoms with Crippen molar-refractivity contribution in [3.8, 4) is 28.7 Å². The van der Waals surface area contributed by atoms with E-state index in [1.807, 2.05) is 24.3 Å². The summed E-state index contributed by atoms with van der Waals surface area (Å²) < 4.78 is 33.6. The van der Waals surface area contributed by atoms with Crippen LogP contribution in [0, 0.1) is 11.8 Å². The summed E-state index contributed by atoms with van der Waals surface area (Å²) in [6.45, 7) is 1.68. The van der Waals surface area contributed by atoms with Crippen LogP contribution in [0.2, 0.25) is 0 Å². The van der Waals surface area contributed by atoms with Crippen molar-refractivity contribution in [2.75, 3.05) is 34.7 Å². The van der Waals surface area contributed by atoms with Crippen molar-refractivity contribution >= 4 is 29.2 Å². The molecular formula is C25H26N2O8S. The van der Waals surface area contributed by atoms with Gasteiger partial charge in [0.25, 0.3) is 0 Å². The largest absolute Gasteiger partial charge is 0.493 e. The normalized spacial score (nSPS) is 23.2. The van der Waals surface area contributed by atoms with Crippen LogP contribution in [0.25, 0.3) is 0 Å². The molecule has 0 radical (unpaired) electrons. The molecule has 0 bridgehead atoms. The standard InChI is InChI=1S/C25H26N2O8S/c1-11(28)26-25(36)27-22-14-8-17-16(34-10-35-17)7-13(14)20(21-15(22)9-33-24(21)29)12-5-18(30-2)23(32-4)19(6-12)31-3/h5-8,15,20-22H,9-10H2,1-4H3,(H2,26,27,28,36)/t15-,20+,21-,22+/m0/s1. The number of rotatable bonds is 5. The Morgan fingerprint density at radius 1 is 0.972 bits per heavy atom. The Balaban J connectivity index is 1.70. The number of benzene rings is 2. The number of methoxy groups -OCH3 is 3. The van der Waals surface area contributed by atoms with E-state index >= 15 is 0 Å². The summed E-state index contributed by atoms with van der Waals surface area (Å²) in [5.74, 6) is 0.747. The number of hydrogen-bond donors (Lipinski definition) is 2. The lowest BCUT2D eigenvalue weighted by atomic mass is 9.65. The van der Waals surface area contributed by atoms with Crippen LogP contribution in [0.15, 0.2) is 24.3 Å². The fourth-order valence-corrected chi connectivity index (χ4v) is 5.64. The van der Waals surface area contributed by atoms with Crippen molar-refractivity contribution < 1.29 is 38.0 Å². The van der Waals surface area contributed by atoms with E-state index in [2.05, 4.69) is 10.6 Å². The number of esters is 1. The number of nitrogens with one attached hydrogen (secondary N) is 2. The van der Waals surface area contributed by atoms with E-state index in [1.165, 1.54) is 14.0 Å². The molecule has 10 nitrogen and oxygen atoms in total. The lowest BCUT2D eigenvalue weighted by molar-refractivity contribution is -0.141. The van der Waals surface area contributed by atoms with Gasteiger partial charge >= 0.3 is 5.97 Å². The van der Waals surface area contributed by atoms with E-state index in [4.69, 9.17) is 40.6 Å². The number of carbonyl (C=O) groups is 2. The molecule has 11 heteroatoms. The van der Waals surface area contributed by atoms with E-state index in [-0.39, 0.29) is 36.3 Å². The van der Waals surface area contributed by atoms with Gasteiger partial charge in [-0.3, -0.25) is 9.59 Å². The fourth-order valence-electron chi connectivity index (χ4n) is 5.37. The summed E-state index contributed by atoms with van der Waals surface area (Å²) >= 11 is 5.37. The maximum atomic E-state index is 13.2. The first-order valence-corrected chi connectivity index (χ1v) is 11.7. The molecule has 190 valence electrons. The second-order valence-electron chi connectivity index (χ2n) is 8.72. The van der Waals surface area contributed by atoms with Gasteiger partial charge in [0, 0.05) is 18.8 Å². The number of ether oxygens (including phenoxy) is 6. The number of cyclic esters (lactones) is 1. The summed E-state index contributed by atoms with van der Waals surface area (Å²) in [4.78, 5) is 24.8. The Kier molecular flexibility index (Phi) is 6.25. The highest BCUT2D eigenvalue weighted by molar-refractivity contribution is 7.80. The van der Waals surface area contributed by atoms with Crippen LogP contribution in [-0.4, -0.2) is 51.7 Å². The molecule has 1 saturated heterocycles. The van der Waals surface area contributed by atoms with Crippen LogP contribution in [0.5, 0.6) is 28.7 Å². The molecule has 0 unspecified atom stereocenters. The predicted molar refractivity (Wildman–Crippen MR) is 131 cm³/mol. The highest BCUT2D eigenvalue weighted by Crippen LogP contribution is 2.55. The Hall–Kier alpha value is -3.73. The van der Waals surface area contributed by atoms with Crippen LogP contribution >= 0.6 is 12.2 Å². The zero-order chi connectivity index (χ0) is 25.6. The van der Waals surface area contributed by atoms with E-state index in [0.29, 0.717) is 28.7 Å². The van der Waals surface area contributed by atoms with Gasteiger partial charge in [-0.2, -0.15) is 0 Å². The summed E-state index contributed by atoms with van der Waals surface area (Å²) in [6, 6.07) is 7.07. The highest BCUT2D eigenvalue weighted by atomic mass is 32.1. The molecule has 4 atom stereocenters. The van der Waals surface area contributed by atoms with Crippen molar-refractivity contribution in [3.05, 3.63) is 41.0 Å². The molecule has 5 rings (SSSR count). The summed E-state index contributed by atoms with van der Waals surface area (Å²) in [5.41, 5.74) is 2.50. The number of thiocarbonyl (C=S) groups is 1. The van der Waals surface area contributed by atoms with E-state index in [1.54, 1.807) is 14.2 Å². The second kappa shape index (κ2) is 9.38. The summed E-state index contributed by atoms with van der Waals surface area (Å²) in [7, 11) is 4.63. The molecule has 0 aromatic heterocycles. The van der Waals surface area contributed by atoms with Gasteiger partial charge in [0.1, 0.15) is 0 Å². The van der Waals surface area contributed by atoms with Crippen LogP contribution in [0.3, 0.4) is 0 Å². The lowest BCUT2D eigenvalue weighted by Crippen LogP contribution is -2.46. The van der Waals surface area contributed by atoms with Crippen LogP contribution in [0.4, 0.5) is 0 Å². The molecule has 2 heterocycles. The second-order valence-corrected chi connectivity index (χ2v) is 9.13. The Bertz CT molecular complexity index is 1220. The molecule has 1 amide bonds. The fraction of sp³-hybridized carbons (Fsp3) is 0.400. The van der Waals surface area contributed by atoms with E-state index in [0.717, 1.165) is 16.7 Å². The average Bonchev–Trinajstić information content (AvgIpc) is 3.47. The van der Waals surface area contributed by atoms with Gasteiger partial charge in [0.2, 0.25) is 18.4 Å². The van der Waals surface area contributed by atoms with Gasteiger partial charge in [-0.25, -0.2) is 0 Å². The Morgan fingerprint density at radius 3 is 2.19 bits per heavy atom. The van der Waals surface area contributed by atoms with Crippen molar-refractivity contribution in [3.63, 3.8) is 0 Å². The summed E-state index contributed by atoms with van der Waals surface area (Å²) in [5, 5.41) is 6.00. The smallest absolute Gasteiger partial charge is 0.310 e. The van der Waals surface area contributed by atoms with E-state index < -0.39 is 17.9 Å². The molecule has 3 aliphatic rings. The van der Waals surface area contributed by atoms with Gasteiger partial charge in [0.05, 0.1) is 39.9 Å². The topological polar surface area (TPSA) is 114 Å². The minimum absolute atomic E-state index is 0.102. The minimum Gasteiger partial charge on any atom is -0.493 e. The quantitative estimate of drug-likeness (QED) is 0.456. The molecular weight excluding hydrogens is 488 g/mol. The predicted octanol–water partition coefficient (Wildman–Crippen LogP) is 2.43. The van der Waals surface area contributed by atoms with Gasteiger partial charge in [-0.05, 0) is 53.2 Å². The third-order valence-electron chi connectivity index (χ3n) is 6.81. The summed E-state index contributed by atoms with van der Waals surface area (Å²) in [6.07, 6.45) is 0. The average molecular weight is 515 g/mol. The van der Waals surface area contributed by atoms with E-state index in [9.17, 15) is 9.59 Å². The first-order valence-electron chi connectivity index (χ1n) is 11.3. The highest BCUT2D eigenvalue weighted by Gasteiger charge is 2.53. The third-order valence-corrected chi connectivity index (χ3v) is 7.03. The molecule has 36 heavy (non-hydrogen) atoms. The maximum Gasteiger partial charge on any atom is 0.310 e. The van der Waals surface area contributed by atoms with Crippen LogP contribution in [0.1, 0.15) is 35.6 Å². The molecule has 2 aliphatic heterocycles.